The lowest BCUT2D eigenvalue weighted by Gasteiger charge is -2.25. The van der Waals surface area contributed by atoms with E-state index >= 15 is 0 Å². The summed E-state index contributed by atoms with van der Waals surface area (Å²) in [6, 6.07) is 14.4. The highest BCUT2D eigenvalue weighted by atomic mass is 16.6. The lowest BCUT2D eigenvalue weighted by molar-refractivity contribution is -0.159. The second-order valence-corrected chi connectivity index (χ2v) is 13.9. The molecule has 0 spiro atoms. The molecule has 0 fully saturated rings. The molecule has 2 aromatic carbocycles. The summed E-state index contributed by atoms with van der Waals surface area (Å²) in [6.45, 7) is 15.2. The molecular formula is C35H48N2O9. The van der Waals surface area contributed by atoms with Gasteiger partial charge in [0, 0.05) is 18.5 Å². The third kappa shape index (κ3) is 15.0. The minimum Gasteiger partial charge on any atom is -0.460 e. The Morgan fingerprint density at radius 3 is 1.78 bits per heavy atom. The number of esters is 3. The summed E-state index contributed by atoms with van der Waals surface area (Å²) in [5, 5.41) is 2.67. The van der Waals surface area contributed by atoms with Crippen molar-refractivity contribution in [3.63, 3.8) is 0 Å². The number of carbonyl (C=O) groups excluding carboxylic acids is 5. The molecule has 0 bridgehead atoms. The van der Waals surface area contributed by atoms with E-state index in [1.165, 1.54) is 17.0 Å². The van der Waals surface area contributed by atoms with Crippen molar-refractivity contribution in [3.05, 3.63) is 71.3 Å². The van der Waals surface area contributed by atoms with Crippen LogP contribution < -0.4 is 5.32 Å². The molecule has 0 aliphatic rings. The largest absolute Gasteiger partial charge is 0.460 e. The molecule has 0 unspecified atom stereocenters. The van der Waals surface area contributed by atoms with E-state index in [-0.39, 0.29) is 38.1 Å². The first-order chi connectivity index (χ1) is 21.2. The number of ether oxygens (including phenoxy) is 4. The summed E-state index contributed by atoms with van der Waals surface area (Å²) in [6.07, 6.45) is -0.825. The van der Waals surface area contributed by atoms with Crippen molar-refractivity contribution in [2.75, 3.05) is 6.54 Å². The summed E-state index contributed by atoms with van der Waals surface area (Å²) in [4.78, 5) is 65.2. The van der Waals surface area contributed by atoms with Crippen LogP contribution in [0.2, 0.25) is 0 Å². The number of amides is 2. The number of benzene rings is 2. The van der Waals surface area contributed by atoms with E-state index in [9.17, 15) is 24.0 Å². The Kier molecular flexibility index (Phi) is 13.3. The number of hydrogen-bond acceptors (Lipinski definition) is 9. The van der Waals surface area contributed by atoms with Crippen LogP contribution in [0.3, 0.4) is 0 Å². The molecule has 0 radical (unpaired) electrons. The molecule has 0 saturated carbocycles. The molecule has 2 rings (SSSR count). The highest BCUT2D eigenvalue weighted by Gasteiger charge is 2.29. The first-order valence-electron chi connectivity index (χ1n) is 15.2. The molecule has 0 aliphatic carbocycles. The lowest BCUT2D eigenvalue weighted by Crippen LogP contribution is -2.44. The van der Waals surface area contributed by atoms with Gasteiger partial charge in [0.25, 0.3) is 5.91 Å². The van der Waals surface area contributed by atoms with Crippen LogP contribution in [0.5, 0.6) is 0 Å². The van der Waals surface area contributed by atoms with E-state index in [2.05, 4.69) is 5.32 Å². The predicted octanol–water partition coefficient (Wildman–Crippen LogP) is 5.73. The summed E-state index contributed by atoms with van der Waals surface area (Å²) >= 11 is 0. The second kappa shape index (κ2) is 16.2. The Labute approximate surface area is 271 Å². The Hall–Kier alpha value is -4.41. The molecule has 0 saturated heterocycles. The molecule has 2 aromatic rings. The smallest absolute Gasteiger partial charge is 0.410 e. The van der Waals surface area contributed by atoms with Gasteiger partial charge >= 0.3 is 24.0 Å². The maximum absolute atomic E-state index is 13.2. The normalized spacial score (nSPS) is 12.4. The van der Waals surface area contributed by atoms with Gasteiger partial charge in [0.1, 0.15) is 36.0 Å². The fraction of sp³-hybridized carbons (Fsp3) is 0.514. The Morgan fingerprint density at radius 1 is 0.696 bits per heavy atom. The Balaban J connectivity index is 2.16. The molecular weight excluding hydrogens is 592 g/mol. The van der Waals surface area contributed by atoms with Crippen molar-refractivity contribution in [2.24, 2.45) is 0 Å². The maximum atomic E-state index is 13.2. The van der Waals surface area contributed by atoms with Crippen LogP contribution in [0.15, 0.2) is 54.6 Å². The molecule has 0 heterocycles. The first-order valence-corrected chi connectivity index (χ1v) is 15.2. The average Bonchev–Trinajstić information content (AvgIpc) is 2.91. The molecule has 1 atom stereocenters. The fourth-order valence-corrected chi connectivity index (χ4v) is 4.03. The van der Waals surface area contributed by atoms with Gasteiger partial charge in [-0.1, -0.05) is 42.5 Å². The van der Waals surface area contributed by atoms with Crippen LogP contribution in [-0.2, 0) is 46.5 Å². The first kappa shape index (κ1) is 37.8. The van der Waals surface area contributed by atoms with Gasteiger partial charge in [-0.2, -0.15) is 0 Å². The van der Waals surface area contributed by atoms with Crippen LogP contribution in [0.4, 0.5) is 4.79 Å². The molecule has 11 nitrogen and oxygen atoms in total. The zero-order chi connectivity index (χ0) is 34.7. The number of nitrogens with one attached hydrogen (secondary N) is 1. The minimum absolute atomic E-state index is 0.00515. The zero-order valence-electron chi connectivity index (χ0n) is 28.4. The quantitative estimate of drug-likeness (QED) is 0.228. The van der Waals surface area contributed by atoms with Gasteiger partial charge in [0.05, 0.1) is 0 Å². The van der Waals surface area contributed by atoms with Crippen molar-refractivity contribution in [3.8, 4) is 0 Å². The van der Waals surface area contributed by atoms with Crippen LogP contribution in [0.1, 0.15) is 96.6 Å². The van der Waals surface area contributed by atoms with Crippen molar-refractivity contribution in [2.45, 2.75) is 111 Å². The zero-order valence-corrected chi connectivity index (χ0v) is 28.4. The summed E-state index contributed by atoms with van der Waals surface area (Å²) in [7, 11) is 0. The predicted molar refractivity (Wildman–Crippen MR) is 172 cm³/mol. The standard InChI is InChI=1S/C35H48N2O9/c1-33(2,3)44-28(38)20-19-27(31(41)46-35(7,8)9)36-30(40)26-17-15-24(16-18-26)21-37(22-29(39)45-34(4,5)6)32(42)43-23-25-13-11-10-12-14-25/h10-18,27H,19-23H2,1-9H3,(H,36,40)/t27-/m0/s1. The molecule has 2 amide bonds. The van der Waals surface area contributed by atoms with E-state index in [1.54, 1.807) is 74.4 Å². The summed E-state index contributed by atoms with van der Waals surface area (Å²) in [5.41, 5.74) is -0.592. The number of hydrogen-bond donors (Lipinski definition) is 1. The third-order valence-corrected chi connectivity index (χ3v) is 5.85. The monoisotopic (exact) mass is 640 g/mol. The van der Waals surface area contributed by atoms with Crippen LogP contribution >= 0.6 is 0 Å². The van der Waals surface area contributed by atoms with Crippen LogP contribution in [0, 0.1) is 0 Å². The second-order valence-electron chi connectivity index (χ2n) is 13.9. The number of rotatable bonds is 12. The van der Waals surface area contributed by atoms with Gasteiger partial charge in [0.2, 0.25) is 0 Å². The Bertz CT molecular complexity index is 1340. The van der Waals surface area contributed by atoms with Crippen molar-refractivity contribution < 1.29 is 42.9 Å². The highest BCUT2D eigenvalue weighted by molar-refractivity contribution is 5.97. The minimum atomic E-state index is -1.09. The average molecular weight is 641 g/mol. The summed E-state index contributed by atoms with van der Waals surface area (Å²) < 4.78 is 21.7. The van der Waals surface area contributed by atoms with Gasteiger partial charge in [-0.05, 0) is 92.0 Å². The molecule has 0 aliphatic heterocycles. The van der Waals surface area contributed by atoms with Crippen molar-refractivity contribution in [1.29, 1.82) is 0 Å². The number of carbonyl (C=O) groups is 5. The summed E-state index contributed by atoms with van der Waals surface area (Å²) in [5.74, 6) is -2.33. The topological polar surface area (TPSA) is 138 Å². The maximum Gasteiger partial charge on any atom is 0.410 e. The molecule has 46 heavy (non-hydrogen) atoms. The van der Waals surface area contributed by atoms with E-state index in [0.29, 0.717) is 5.56 Å². The molecule has 252 valence electrons. The van der Waals surface area contributed by atoms with E-state index in [4.69, 9.17) is 18.9 Å². The van der Waals surface area contributed by atoms with Crippen LogP contribution in [-0.4, -0.2) is 64.2 Å². The molecule has 11 heteroatoms. The number of nitrogens with zero attached hydrogens (tertiary/aromatic N) is 1. The molecule has 1 N–H and O–H groups in total. The van der Waals surface area contributed by atoms with Gasteiger partial charge in [-0.15, -0.1) is 0 Å². The van der Waals surface area contributed by atoms with Gasteiger partial charge < -0.3 is 24.3 Å². The van der Waals surface area contributed by atoms with Crippen LogP contribution in [0.25, 0.3) is 0 Å². The van der Waals surface area contributed by atoms with E-state index < -0.39 is 52.8 Å². The van der Waals surface area contributed by atoms with E-state index in [0.717, 1.165) is 5.56 Å². The Morgan fingerprint density at radius 2 is 1.24 bits per heavy atom. The lowest BCUT2D eigenvalue weighted by atomic mass is 10.1. The van der Waals surface area contributed by atoms with Crippen molar-refractivity contribution >= 4 is 29.9 Å². The fourth-order valence-electron chi connectivity index (χ4n) is 4.03. The highest BCUT2D eigenvalue weighted by Crippen LogP contribution is 2.16. The van der Waals surface area contributed by atoms with Gasteiger partial charge in [-0.25, -0.2) is 9.59 Å². The van der Waals surface area contributed by atoms with Gasteiger partial charge in [0.15, 0.2) is 0 Å². The SMILES string of the molecule is CC(C)(C)OC(=O)CC[C@H](NC(=O)c1ccc(CN(CC(=O)OC(C)(C)C)C(=O)OCc2ccccc2)cc1)C(=O)OC(C)(C)C. The van der Waals surface area contributed by atoms with Crippen molar-refractivity contribution in [1.82, 2.24) is 10.2 Å². The molecule has 0 aromatic heterocycles. The third-order valence-electron chi connectivity index (χ3n) is 5.85. The van der Waals surface area contributed by atoms with E-state index in [1.807, 2.05) is 30.3 Å². The van der Waals surface area contributed by atoms with Gasteiger partial charge in [-0.3, -0.25) is 19.3 Å².